The molecule has 0 aliphatic rings. The van der Waals surface area contributed by atoms with E-state index in [2.05, 4.69) is 15.9 Å². The van der Waals surface area contributed by atoms with Crippen LogP contribution in [0.4, 0.5) is 0 Å². The fourth-order valence-electron chi connectivity index (χ4n) is 0.500. The first kappa shape index (κ1) is 10.2. The van der Waals surface area contributed by atoms with Crippen LogP contribution in [0.2, 0.25) is 0 Å². The number of nitrogens with zero attached hydrogens (tertiary/aromatic N) is 2. The molecule has 0 aromatic rings. The Morgan fingerprint density at radius 2 is 2.36 bits per heavy atom. The minimum absolute atomic E-state index is 0.160. The highest BCUT2D eigenvalue weighted by atomic mass is 79.9. The minimum atomic E-state index is -0.689. The number of halogens is 1. The van der Waals surface area contributed by atoms with Crippen LogP contribution in [0.3, 0.4) is 0 Å². The van der Waals surface area contributed by atoms with Crippen molar-refractivity contribution in [2.45, 2.75) is 6.42 Å². The van der Waals surface area contributed by atoms with Crippen molar-refractivity contribution in [2.24, 2.45) is 5.73 Å². The SMILES string of the molecule is N=C(N)N(CCCBr)[N+](=O)[O-]. The molecule has 0 unspecified atom stereocenters. The summed E-state index contributed by atoms with van der Waals surface area (Å²) in [4.78, 5) is 10.1. The zero-order valence-corrected chi connectivity index (χ0v) is 7.37. The lowest BCUT2D eigenvalue weighted by Gasteiger charge is -2.09. The van der Waals surface area contributed by atoms with Gasteiger partial charge in [0.15, 0.2) is 5.03 Å². The summed E-state index contributed by atoms with van der Waals surface area (Å²) in [6.45, 7) is 0.160. The molecule has 0 fully saturated rings. The summed E-state index contributed by atoms with van der Waals surface area (Å²) in [6, 6.07) is 0. The van der Waals surface area contributed by atoms with E-state index in [4.69, 9.17) is 11.1 Å². The Labute approximate surface area is 72.1 Å². The molecule has 0 atom stereocenters. The molecular formula is C4H9BrN4O2. The smallest absolute Gasteiger partial charge is 0.251 e. The number of hydrogen-bond acceptors (Lipinski definition) is 3. The number of alkyl halides is 1. The van der Waals surface area contributed by atoms with Crippen molar-refractivity contribution in [3.05, 3.63) is 10.1 Å². The molecule has 0 aromatic heterocycles. The van der Waals surface area contributed by atoms with Crippen LogP contribution >= 0.6 is 15.9 Å². The lowest BCUT2D eigenvalue weighted by molar-refractivity contribution is -0.629. The first-order chi connectivity index (χ1) is 5.09. The fraction of sp³-hybridized carbons (Fsp3) is 0.750. The number of nitrogens with two attached hydrogens (primary N) is 1. The van der Waals surface area contributed by atoms with E-state index in [1.54, 1.807) is 0 Å². The Balaban J connectivity index is 3.90. The van der Waals surface area contributed by atoms with Crippen LogP contribution in [0.5, 0.6) is 0 Å². The molecule has 0 saturated carbocycles. The predicted molar refractivity (Wildman–Crippen MR) is 44.0 cm³/mol. The number of guanidine groups is 1. The quantitative estimate of drug-likeness (QED) is 0.234. The minimum Gasteiger partial charge on any atom is -0.365 e. The normalized spacial score (nSPS) is 9.18. The highest BCUT2D eigenvalue weighted by molar-refractivity contribution is 9.09. The van der Waals surface area contributed by atoms with Crippen LogP contribution in [-0.4, -0.2) is 27.9 Å². The molecule has 0 aromatic carbocycles. The summed E-state index contributed by atoms with van der Waals surface area (Å²) in [7, 11) is 0. The average molecular weight is 225 g/mol. The molecule has 6 nitrogen and oxygen atoms in total. The molecular weight excluding hydrogens is 216 g/mol. The van der Waals surface area contributed by atoms with E-state index in [0.717, 1.165) is 0 Å². The van der Waals surface area contributed by atoms with Crippen molar-refractivity contribution in [2.75, 3.05) is 11.9 Å². The maximum atomic E-state index is 10.1. The number of hydrogen-bond donors (Lipinski definition) is 2. The van der Waals surface area contributed by atoms with Crippen LogP contribution in [0, 0.1) is 15.5 Å². The lowest BCUT2D eigenvalue weighted by atomic mass is 10.5. The molecule has 11 heavy (non-hydrogen) atoms. The van der Waals surface area contributed by atoms with E-state index in [-0.39, 0.29) is 6.54 Å². The van der Waals surface area contributed by atoms with Crippen LogP contribution in [0.1, 0.15) is 6.42 Å². The van der Waals surface area contributed by atoms with Crippen LogP contribution < -0.4 is 5.73 Å². The highest BCUT2D eigenvalue weighted by Crippen LogP contribution is 1.93. The summed E-state index contributed by atoms with van der Waals surface area (Å²) >= 11 is 3.12. The van der Waals surface area contributed by atoms with Crippen molar-refractivity contribution < 1.29 is 5.03 Å². The van der Waals surface area contributed by atoms with Gasteiger partial charge in [-0.1, -0.05) is 20.9 Å². The zero-order chi connectivity index (χ0) is 8.85. The standard InChI is InChI=1S/C4H9BrN4O2/c5-2-1-3-8(4(6)7)9(10)11/h1-3H2,(H3,6,7). The molecule has 0 aliphatic carbocycles. The summed E-state index contributed by atoms with van der Waals surface area (Å²) in [5.74, 6) is -0.532. The first-order valence-electron chi connectivity index (χ1n) is 2.91. The number of nitrogens with one attached hydrogen (secondary N) is 1. The highest BCUT2D eigenvalue weighted by Gasteiger charge is 2.16. The van der Waals surface area contributed by atoms with E-state index >= 15 is 0 Å². The van der Waals surface area contributed by atoms with Gasteiger partial charge in [-0.3, -0.25) is 5.41 Å². The van der Waals surface area contributed by atoms with E-state index < -0.39 is 11.0 Å². The second-order valence-electron chi connectivity index (χ2n) is 1.79. The van der Waals surface area contributed by atoms with Gasteiger partial charge in [0.05, 0.1) is 6.54 Å². The van der Waals surface area contributed by atoms with Crippen LogP contribution in [-0.2, 0) is 0 Å². The molecule has 0 aliphatic heterocycles. The van der Waals surface area contributed by atoms with Crippen molar-refractivity contribution >= 4 is 21.9 Å². The largest absolute Gasteiger partial charge is 0.365 e. The van der Waals surface area contributed by atoms with Crippen LogP contribution in [0.15, 0.2) is 0 Å². The molecule has 0 rings (SSSR count). The van der Waals surface area contributed by atoms with E-state index in [0.29, 0.717) is 16.8 Å². The number of nitro groups is 1. The Hall–Kier alpha value is -0.850. The van der Waals surface area contributed by atoms with Gasteiger partial charge in [0.1, 0.15) is 0 Å². The maximum absolute atomic E-state index is 10.1. The zero-order valence-electron chi connectivity index (χ0n) is 5.79. The Kier molecular flexibility index (Phi) is 4.51. The van der Waals surface area contributed by atoms with E-state index in [1.807, 2.05) is 0 Å². The van der Waals surface area contributed by atoms with Gasteiger partial charge >= 0.3 is 0 Å². The third kappa shape index (κ3) is 3.76. The van der Waals surface area contributed by atoms with E-state index in [1.165, 1.54) is 0 Å². The lowest BCUT2D eigenvalue weighted by Crippen LogP contribution is -2.41. The van der Waals surface area contributed by atoms with Gasteiger partial charge in [-0.05, 0) is 6.42 Å². The summed E-state index contributed by atoms with van der Waals surface area (Å²) in [5, 5.41) is 17.5. The first-order valence-corrected chi connectivity index (χ1v) is 4.03. The summed E-state index contributed by atoms with van der Waals surface area (Å²) in [5.41, 5.74) is 4.93. The number of hydrazine groups is 1. The molecule has 0 heterocycles. The topological polar surface area (TPSA) is 96.2 Å². The average Bonchev–Trinajstić information content (AvgIpc) is 1.87. The Bertz CT molecular complexity index is 148. The molecule has 0 saturated heterocycles. The van der Waals surface area contributed by atoms with Gasteiger partial charge in [-0.2, -0.15) is 0 Å². The second-order valence-corrected chi connectivity index (χ2v) is 2.58. The molecule has 0 bridgehead atoms. The fourth-order valence-corrected chi connectivity index (χ4v) is 0.750. The van der Waals surface area contributed by atoms with Gasteiger partial charge in [0.2, 0.25) is 0 Å². The Morgan fingerprint density at radius 3 is 2.64 bits per heavy atom. The molecule has 0 radical (unpaired) electrons. The third-order valence-electron chi connectivity index (χ3n) is 0.979. The van der Waals surface area contributed by atoms with Crippen molar-refractivity contribution in [1.29, 1.82) is 5.41 Å². The molecule has 0 amide bonds. The number of rotatable bonds is 4. The van der Waals surface area contributed by atoms with Gasteiger partial charge in [-0.25, -0.2) is 10.1 Å². The molecule has 7 heteroatoms. The van der Waals surface area contributed by atoms with Gasteiger partial charge in [-0.15, -0.1) is 0 Å². The summed E-state index contributed by atoms with van der Waals surface area (Å²) < 4.78 is 0. The van der Waals surface area contributed by atoms with Gasteiger partial charge in [0.25, 0.3) is 5.96 Å². The Morgan fingerprint density at radius 1 is 1.82 bits per heavy atom. The molecule has 0 spiro atoms. The third-order valence-corrected chi connectivity index (χ3v) is 1.54. The van der Waals surface area contributed by atoms with Gasteiger partial charge < -0.3 is 5.73 Å². The second kappa shape index (κ2) is 4.89. The van der Waals surface area contributed by atoms with E-state index in [9.17, 15) is 10.1 Å². The van der Waals surface area contributed by atoms with Gasteiger partial charge in [0, 0.05) is 5.33 Å². The monoisotopic (exact) mass is 224 g/mol. The van der Waals surface area contributed by atoms with Crippen molar-refractivity contribution in [1.82, 2.24) is 5.01 Å². The molecule has 3 N–H and O–H groups in total. The summed E-state index contributed by atoms with van der Waals surface area (Å²) in [6.07, 6.45) is 0.584. The van der Waals surface area contributed by atoms with Crippen molar-refractivity contribution in [3.63, 3.8) is 0 Å². The predicted octanol–water partition coefficient (Wildman–Crippen LogP) is 0.159. The maximum Gasteiger partial charge on any atom is 0.251 e. The van der Waals surface area contributed by atoms with Crippen LogP contribution in [0.25, 0.3) is 0 Å². The molecule has 64 valence electrons. The van der Waals surface area contributed by atoms with Crippen molar-refractivity contribution in [3.8, 4) is 0 Å².